The normalized spacial score (nSPS) is 19.8. The van der Waals surface area contributed by atoms with Crippen molar-refractivity contribution in [1.82, 2.24) is 16.2 Å². The van der Waals surface area contributed by atoms with Gasteiger partial charge in [-0.05, 0) is 35.4 Å². The molecule has 1 heterocycles. The van der Waals surface area contributed by atoms with Gasteiger partial charge in [0.05, 0.1) is 13.2 Å². The van der Waals surface area contributed by atoms with Gasteiger partial charge < -0.3 is 15.0 Å². The average molecular weight is 340 g/mol. The molecule has 3 rings (SSSR count). The number of anilines is 1. The lowest BCUT2D eigenvalue weighted by molar-refractivity contribution is 0.413. The minimum Gasteiger partial charge on any atom is -0.497 e. The van der Waals surface area contributed by atoms with Gasteiger partial charge in [-0.25, -0.2) is 5.43 Å². The molecule has 0 aromatic heterocycles. The topological polar surface area (TPSA) is 48.6 Å². The van der Waals surface area contributed by atoms with Gasteiger partial charge in [0, 0.05) is 45.3 Å². The van der Waals surface area contributed by atoms with Gasteiger partial charge in [-0.3, -0.25) is 5.43 Å². The molecule has 0 spiro atoms. The summed E-state index contributed by atoms with van der Waals surface area (Å²) in [5, 5.41) is 3.61. The first-order valence-corrected chi connectivity index (χ1v) is 8.76. The SMILES string of the molecule is COc1ccc(C2NNCC2CNCc2cccc(N(C)C)c2)cc1. The third-order valence-corrected chi connectivity index (χ3v) is 4.73. The monoisotopic (exact) mass is 340 g/mol. The largest absolute Gasteiger partial charge is 0.497 e. The molecular formula is C20H28N4O. The van der Waals surface area contributed by atoms with Crippen molar-refractivity contribution >= 4 is 5.69 Å². The van der Waals surface area contributed by atoms with E-state index in [0.717, 1.165) is 25.4 Å². The summed E-state index contributed by atoms with van der Waals surface area (Å²) < 4.78 is 5.25. The first-order chi connectivity index (χ1) is 12.2. The van der Waals surface area contributed by atoms with E-state index >= 15 is 0 Å². The van der Waals surface area contributed by atoms with Crippen molar-refractivity contribution in [2.75, 3.05) is 39.2 Å². The molecule has 1 saturated heterocycles. The van der Waals surface area contributed by atoms with Crippen molar-refractivity contribution in [3.05, 3.63) is 59.7 Å². The second-order valence-electron chi connectivity index (χ2n) is 6.73. The maximum Gasteiger partial charge on any atom is 0.118 e. The quantitative estimate of drug-likeness (QED) is 0.722. The summed E-state index contributed by atoms with van der Waals surface area (Å²) in [5.74, 6) is 1.40. The van der Waals surface area contributed by atoms with Gasteiger partial charge in [0.15, 0.2) is 0 Å². The van der Waals surface area contributed by atoms with Gasteiger partial charge in [0.1, 0.15) is 5.75 Å². The van der Waals surface area contributed by atoms with Crippen LogP contribution in [0.2, 0.25) is 0 Å². The smallest absolute Gasteiger partial charge is 0.118 e. The number of hydrogen-bond acceptors (Lipinski definition) is 5. The maximum atomic E-state index is 5.25. The van der Waals surface area contributed by atoms with Crippen molar-refractivity contribution in [3.63, 3.8) is 0 Å². The van der Waals surface area contributed by atoms with Crippen LogP contribution in [-0.2, 0) is 6.54 Å². The molecule has 0 aliphatic carbocycles. The molecule has 0 saturated carbocycles. The second-order valence-corrected chi connectivity index (χ2v) is 6.73. The number of rotatable bonds is 7. The molecule has 0 radical (unpaired) electrons. The lowest BCUT2D eigenvalue weighted by Crippen LogP contribution is -2.28. The molecule has 2 aromatic carbocycles. The van der Waals surface area contributed by atoms with Crippen LogP contribution in [0, 0.1) is 5.92 Å². The summed E-state index contributed by atoms with van der Waals surface area (Å²) in [4.78, 5) is 2.13. The van der Waals surface area contributed by atoms with Gasteiger partial charge in [0.2, 0.25) is 0 Å². The van der Waals surface area contributed by atoms with Crippen LogP contribution in [0.3, 0.4) is 0 Å². The van der Waals surface area contributed by atoms with E-state index in [1.54, 1.807) is 7.11 Å². The van der Waals surface area contributed by atoms with Gasteiger partial charge in [-0.1, -0.05) is 24.3 Å². The fourth-order valence-electron chi connectivity index (χ4n) is 3.24. The highest BCUT2D eigenvalue weighted by atomic mass is 16.5. The summed E-state index contributed by atoms with van der Waals surface area (Å²) in [6.07, 6.45) is 0. The molecule has 1 fully saturated rings. The summed E-state index contributed by atoms with van der Waals surface area (Å²) in [6, 6.07) is 17.3. The molecule has 2 aromatic rings. The van der Waals surface area contributed by atoms with Crippen molar-refractivity contribution in [3.8, 4) is 5.75 Å². The van der Waals surface area contributed by atoms with E-state index < -0.39 is 0 Å². The fourth-order valence-corrected chi connectivity index (χ4v) is 3.24. The predicted molar refractivity (Wildman–Crippen MR) is 103 cm³/mol. The Morgan fingerprint density at radius 1 is 1.16 bits per heavy atom. The van der Waals surface area contributed by atoms with Crippen molar-refractivity contribution in [2.24, 2.45) is 5.92 Å². The lowest BCUT2D eigenvalue weighted by Gasteiger charge is -2.20. The molecular weight excluding hydrogens is 312 g/mol. The molecule has 0 bridgehead atoms. The fraction of sp³-hybridized carbons (Fsp3) is 0.400. The van der Waals surface area contributed by atoms with Gasteiger partial charge in [-0.15, -0.1) is 0 Å². The first-order valence-electron chi connectivity index (χ1n) is 8.76. The van der Waals surface area contributed by atoms with E-state index in [1.807, 2.05) is 12.1 Å². The maximum absolute atomic E-state index is 5.25. The van der Waals surface area contributed by atoms with Crippen LogP contribution in [0.1, 0.15) is 17.2 Å². The van der Waals surface area contributed by atoms with Crippen LogP contribution in [0.4, 0.5) is 5.69 Å². The Hall–Kier alpha value is -2.08. The highest BCUT2D eigenvalue weighted by Gasteiger charge is 2.27. The summed E-state index contributed by atoms with van der Waals surface area (Å²) in [5.41, 5.74) is 10.5. The summed E-state index contributed by atoms with van der Waals surface area (Å²) in [7, 11) is 5.84. The number of nitrogens with zero attached hydrogens (tertiary/aromatic N) is 1. The Bertz CT molecular complexity index is 672. The molecule has 2 atom stereocenters. The number of ether oxygens (including phenoxy) is 1. The van der Waals surface area contributed by atoms with E-state index in [4.69, 9.17) is 4.74 Å². The Labute approximate surface area is 150 Å². The van der Waals surface area contributed by atoms with Gasteiger partial charge in [-0.2, -0.15) is 0 Å². The van der Waals surface area contributed by atoms with E-state index in [2.05, 4.69) is 71.6 Å². The summed E-state index contributed by atoms with van der Waals surface area (Å²) >= 11 is 0. The Morgan fingerprint density at radius 2 is 1.96 bits per heavy atom. The number of benzene rings is 2. The molecule has 3 N–H and O–H groups in total. The third-order valence-electron chi connectivity index (χ3n) is 4.73. The molecule has 5 nitrogen and oxygen atoms in total. The molecule has 25 heavy (non-hydrogen) atoms. The highest BCUT2D eigenvalue weighted by molar-refractivity contribution is 5.47. The van der Waals surface area contributed by atoms with Crippen molar-refractivity contribution in [1.29, 1.82) is 0 Å². The van der Waals surface area contributed by atoms with Crippen LogP contribution in [0.15, 0.2) is 48.5 Å². The molecule has 134 valence electrons. The highest BCUT2D eigenvalue weighted by Crippen LogP contribution is 2.26. The molecule has 1 aliphatic rings. The number of methoxy groups -OCH3 is 1. The van der Waals surface area contributed by atoms with Gasteiger partial charge in [0.25, 0.3) is 0 Å². The zero-order valence-corrected chi connectivity index (χ0v) is 15.3. The third kappa shape index (κ3) is 4.51. The second kappa shape index (κ2) is 8.34. The molecule has 0 amide bonds. The van der Waals surface area contributed by atoms with E-state index in [1.165, 1.54) is 16.8 Å². The van der Waals surface area contributed by atoms with Crippen LogP contribution in [-0.4, -0.2) is 34.3 Å². The first kappa shape index (κ1) is 17.7. The average Bonchev–Trinajstić information content (AvgIpc) is 3.10. The van der Waals surface area contributed by atoms with Crippen LogP contribution >= 0.6 is 0 Å². The van der Waals surface area contributed by atoms with Crippen LogP contribution in [0.25, 0.3) is 0 Å². The Kier molecular flexibility index (Phi) is 5.91. The standard InChI is InChI=1S/C20H28N4O/c1-24(2)18-6-4-5-15(11-18)12-21-13-17-14-22-23-20(17)16-7-9-19(25-3)10-8-16/h4-11,17,20-23H,12-14H2,1-3H3. The van der Waals surface area contributed by atoms with E-state index in [0.29, 0.717) is 12.0 Å². The molecule has 1 aliphatic heterocycles. The zero-order chi connectivity index (χ0) is 17.6. The number of hydrogen-bond donors (Lipinski definition) is 3. The Morgan fingerprint density at radius 3 is 2.68 bits per heavy atom. The minimum absolute atomic E-state index is 0.312. The molecule has 5 heteroatoms. The zero-order valence-electron chi connectivity index (χ0n) is 15.3. The van der Waals surface area contributed by atoms with Crippen LogP contribution < -0.4 is 25.8 Å². The number of hydrazine groups is 1. The van der Waals surface area contributed by atoms with Crippen LogP contribution in [0.5, 0.6) is 5.75 Å². The minimum atomic E-state index is 0.312. The van der Waals surface area contributed by atoms with Crippen molar-refractivity contribution in [2.45, 2.75) is 12.6 Å². The summed E-state index contributed by atoms with van der Waals surface area (Å²) in [6.45, 7) is 2.80. The number of nitrogens with one attached hydrogen (secondary N) is 3. The lowest BCUT2D eigenvalue weighted by atomic mass is 9.95. The van der Waals surface area contributed by atoms with Gasteiger partial charge >= 0.3 is 0 Å². The molecule has 2 unspecified atom stereocenters. The Balaban J connectivity index is 1.55. The van der Waals surface area contributed by atoms with Crippen molar-refractivity contribution < 1.29 is 4.74 Å². The predicted octanol–water partition coefficient (Wildman–Crippen LogP) is 2.32. The van der Waals surface area contributed by atoms with E-state index in [-0.39, 0.29) is 0 Å². The van der Waals surface area contributed by atoms with E-state index in [9.17, 15) is 0 Å².